The molecular formula is C20H18Cl2N2O2. The maximum absolute atomic E-state index is 12.5. The quantitative estimate of drug-likeness (QED) is 0.592. The van der Waals surface area contributed by atoms with E-state index in [0.29, 0.717) is 21.3 Å². The van der Waals surface area contributed by atoms with Gasteiger partial charge in [0.1, 0.15) is 6.54 Å². The molecular weight excluding hydrogens is 371 g/mol. The van der Waals surface area contributed by atoms with Gasteiger partial charge >= 0.3 is 0 Å². The summed E-state index contributed by atoms with van der Waals surface area (Å²) in [5.41, 5.74) is 1.92. The van der Waals surface area contributed by atoms with Crippen LogP contribution in [-0.2, 0) is 11.3 Å². The van der Waals surface area contributed by atoms with Gasteiger partial charge in [-0.15, -0.1) is 0 Å². The first-order chi connectivity index (χ1) is 12.4. The molecule has 1 heterocycles. The van der Waals surface area contributed by atoms with Crippen molar-refractivity contribution in [2.45, 2.75) is 20.4 Å². The van der Waals surface area contributed by atoms with E-state index in [1.165, 1.54) is 0 Å². The zero-order valence-electron chi connectivity index (χ0n) is 14.4. The molecule has 0 spiro atoms. The number of carbonyl (C=O) groups excluding carboxylic acids is 2. The molecule has 2 aromatic carbocycles. The van der Waals surface area contributed by atoms with Crippen LogP contribution in [0, 0.1) is 5.92 Å². The molecule has 0 aliphatic heterocycles. The number of fused-ring (bicyclic) bond motifs is 1. The van der Waals surface area contributed by atoms with Crippen LogP contribution in [0.25, 0.3) is 10.9 Å². The van der Waals surface area contributed by atoms with Gasteiger partial charge < -0.3 is 9.88 Å². The van der Waals surface area contributed by atoms with Gasteiger partial charge in [-0.25, -0.2) is 0 Å². The van der Waals surface area contributed by atoms with E-state index in [9.17, 15) is 9.59 Å². The average Bonchev–Trinajstić information content (AvgIpc) is 2.97. The van der Waals surface area contributed by atoms with Crippen LogP contribution >= 0.6 is 23.2 Å². The number of nitrogens with one attached hydrogen (secondary N) is 1. The van der Waals surface area contributed by atoms with E-state index in [1.54, 1.807) is 29.0 Å². The number of halogens is 2. The Balaban J connectivity index is 1.90. The van der Waals surface area contributed by atoms with Crippen LogP contribution in [0.4, 0.5) is 5.69 Å². The van der Waals surface area contributed by atoms with Crippen LogP contribution in [0.1, 0.15) is 24.2 Å². The van der Waals surface area contributed by atoms with E-state index in [0.717, 1.165) is 10.9 Å². The Morgan fingerprint density at radius 3 is 2.54 bits per heavy atom. The zero-order valence-corrected chi connectivity index (χ0v) is 15.9. The van der Waals surface area contributed by atoms with Crippen molar-refractivity contribution in [3.8, 4) is 0 Å². The lowest BCUT2D eigenvalue weighted by atomic mass is 10.0. The summed E-state index contributed by atoms with van der Waals surface area (Å²) >= 11 is 12.1. The molecule has 0 radical (unpaired) electrons. The minimum absolute atomic E-state index is 0.0539. The van der Waals surface area contributed by atoms with Gasteiger partial charge in [-0.1, -0.05) is 61.3 Å². The summed E-state index contributed by atoms with van der Waals surface area (Å²) in [5, 5.41) is 4.29. The summed E-state index contributed by atoms with van der Waals surface area (Å²) in [5.74, 6) is -0.315. The Labute approximate surface area is 161 Å². The molecule has 0 fully saturated rings. The fourth-order valence-electron chi connectivity index (χ4n) is 2.83. The SMILES string of the molecule is CC(C)C(=O)c1cn(CC(=O)Nc2cccc(Cl)c2Cl)c2ccccc12. The van der Waals surface area contributed by atoms with Crippen LogP contribution in [0.2, 0.25) is 10.0 Å². The van der Waals surface area contributed by atoms with Gasteiger partial charge in [-0.2, -0.15) is 0 Å². The standard InChI is InChI=1S/C20H18Cl2N2O2/c1-12(2)20(26)14-10-24(17-9-4-3-6-13(14)17)11-18(25)23-16-8-5-7-15(21)19(16)22/h3-10,12H,11H2,1-2H3,(H,23,25). The number of Topliss-reactive ketones (excluding diaryl/α,β-unsaturated/α-hetero) is 1. The molecule has 1 N–H and O–H groups in total. The van der Waals surface area contributed by atoms with Crippen molar-refractivity contribution in [3.05, 3.63) is 64.3 Å². The van der Waals surface area contributed by atoms with E-state index in [2.05, 4.69) is 5.32 Å². The number of hydrogen-bond acceptors (Lipinski definition) is 2. The number of carbonyl (C=O) groups is 2. The van der Waals surface area contributed by atoms with Crippen LogP contribution in [-0.4, -0.2) is 16.3 Å². The molecule has 1 aromatic heterocycles. The summed E-state index contributed by atoms with van der Waals surface area (Å²) in [4.78, 5) is 25.0. The van der Waals surface area contributed by atoms with Crippen molar-refractivity contribution in [2.75, 3.05) is 5.32 Å². The van der Waals surface area contributed by atoms with Gasteiger partial charge in [0.25, 0.3) is 0 Å². The predicted octanol–water partition coefficient (Wildman–Crippen LogP) is 5.43. The van der Waals surface area contributed by atoms with Gasteiger partial charge in [-0.05, 0) is 18.2 Å². The molecule has 0 saturated heterocycles. The lowest BCUT2D eigenvalue weighted by molar-refractivity contribution is -0.116. The third-order valence-electron chi connectivity index (χ3n) is 4.12. The first-order valence-corrected chi connectivity index (χ1v) is 9.00. The lowest BCUT2D eigenvalue weighted by Gasteiger charge is -2.09. The number of ketones is 1. The third-order valence-corrected chi connectivity index (χ3v) is 4.94. The molecule has 0 atom stereocenters. The first kappa shape index (κ1) is 18.5. The second-order valence-corrected chi connectivity index (χ2v) is 7.14. The highest BCUT2D eigenvalue weighted by Gasteiger charge is 2.18. The molecule has 0 bridgehead atoms. The van der Waals surface area contributed by atoms with Crippen molar-refractivity contribution in [2.24, 2.45) is 5.92 Å². The molecule has 3 rings (SSSR count). The molecule has 0 aliphatic carbocycles. The van der Waals surface area contributed by atoms with Crippen LogP contribution < -0.4 is 5.32 Å². The molecule has 0 unspecified atom stereocenters. The summed E-state index contributed by atoms with van der Waals surface area (Å²) in [6.07, 6.45) is 1.74. The summed E-state index contributed by atoms with van der Waals surface area (Å²) in [6, 6.07) is 12.6. The van der Waals surface area contributed by atoms with E-state index in [4.69, 9.17) is 23.2 Å². The van der Waals surface area contributed by atoms with Gasteiger partial charge in [0, 0.05) is 28.6 Å². The highest BCUT2D eigenvalue weighted by molar-refractivity contribution is 6.44. The Morgan fingerprint density at radius 2 is 1.81 bits per heavy atom. The summed E-state index contributed by atoms with van der Waals surface area (Å²) in [7, 11) is 0. The van der Waals surface area contributed by atoms with Crippen molar-refractivity contribution < 1.29 is 9.59 Å². The second kappa shape index (κ2) is 7.52. The Kier molecular flexibility index (Phi) is 5.35. The summed E-state index contributed by atoms with van der Waals surface area (Å²) < 4.78 is 1.78. The van der Waals surface area contributed by atoms with Crippen molar-refractivity contribution in [3.63, 3.8) is 0 Å². The maximum atomic E-state index is 12.5. The molecule has 134 valence electrons. The lowest BCUT2D eigenvalue weighted by Crippen LogP contribution is -2.18. The molecule has 0 aliphatic rings. The molecule has 6 heteroatoms. The van der Waals surface area contributed by atoms with Crippen molar-refractivity contribution in [1.82, 2.24) is 4.57 Å². The van der Waals surface area contributed by atoms with Gasteiger partial charge in [0.05, 0.1) is 15.7 Å². The molecule has 3 aromatic rings. The second-order valence-electron chi connectivity index (χ2n) is 6.36. The Hall–Kier alpha value is -2.30. The maximum Gasteiger partial charge on any atom is 0.244 e. The number of nitrogens with zero attached hydrogens (tertiary/aromatic N) is 1. The number of hydrogen-bond donors (Lipinski definition) is 1. The number of aromatic nitrogens is 1. The molecule has 1 amide bonds. The fraction of sp³-hybridized carbons (Fsp3) is 0.200. The van der Waals surface area contributed by atoms with E-state index >= 15 is 0 Å². The highest BCUT2D eigenvalue weighted by atomic mass is 35.5. The van der Waals surface area contributed by atoms with Gasteiger partial charge in [0.15, 0.2) is 5.78 Å². The number of amides is 1. The van der Waals surface area contributed by atoms with E-state index < -0.39 is 0 Å². The molecule has 26 heavy (non-hydrogen) atoms. The smallest absolute Gasteiger partial charge is 0.244 e. The Morgan fingerprint density at radius 1 is 1.08 bits per heavy atom. The number of para-hydroxylation sites is 1. The number of rotatable bonds is 5. The van der Waals surface area contributed by atoms with Gasteiger partial charge in [-0.3, -0.25) is 9.59 Å². The van der Waals surface area contributed by atoms with Crippen molar-refractivity contribution in [1.29, 1.82) is 0 Å². The predicted molar refractivity (Wildman–Crippen MR) is 106 cm³/mol. The van der Waals surface area contributed by atoms with Crippen LogP contribution in [0.5, 0.6) is 0 Å². The monoisotopic (exact) mass is 388 g/mol. The Bertz CT molecular complexity index is 993. The molecule has 4 nitrogen and oxygen atoms in total. The van der Waals surface area contributed by atoms with Crippen LogP contribution in [0.15, 0.2) is 48.7 Å². The largest absolute Gasteiger partial charge is 0.337 e. The first-order valence-electron chi connectivity index (χ1n) is 8.24. The van der Waals surface area contributed by atoms with E-state index in [1.807, 2.05) is 38.1 Å². The number of benzene rings is 2. The van der Waals surface area contributed by atoms with Gasteiger partial charge in [0.2, 0.25) is 5.91 Å². The average molecular weight is 389 g/mol. The third kappa shape index (κ3) is 3.62. The normalized spacial score (nSPS) is 11.1. The highest BCUT2D eigenvalue weighted by Crippen LogP contribution is 2.30. The topological polar surface area (TPSA) is 51.1 Å². The van der Waals surface area contributed by atoms with Crippen molar-refractivity contribution >= 4 is 51.5 Å². The molecule has 0 saturated carbocycles. The fourth-order valence-corrected chi connectivity index (χ4v) is 3.18. The van der Waals surface area contributed by atoms with Crippen LogP contribution in [0.3, 0.4) is 0 Å². The summed E-state index contributed by atoms with van der Waals surface area (Å²) in [6.45, 7) is 3.79. The number of anilines is 1. The zero-order chi connectivity index (χ0) is 18.8. The minimum atomic E-state index is -0.251. The van der Waals surface area contributed by atoms with E-state index in [-0.39, 0.29) is 24.2 Å². The minimum Gasteiger partial charge on any atom is -0.337 e.